The Morgan fingerprint density at radius 1 is 1.31 bits per heavy atom. The molecule has 3 heterocycles. The maximum Gasteiger partial charge on any atom is 0.275 e. The normalized spacial score (nSPS) is 17.3. The van der Waals surface area contributed by atoms with Crippen molar-refractivity contribution >= 4 is 16.8 Å². The van der Waals surface area contributed by atoms with Gasteiger partial charge < -0.3 is 9.80 Å². The van der Waals surface area contributed by atoms with Crippen LogP contribution < -0.4 is 0 Å². The van der Waals surface area contributed by atoms with E-state index in [0.29, 0.717) is 5.69 Å². The second kappa shape index (κ2) is 6.88. The number of para-hydroxylation sites is 1. The zero-order valence-electron chi connectivity index (χ0n) is 15.1. The Balaban J connectivity index is 1.63. The highest BCUT2D eigenvalue weighted by molar-refractivity contribution is 6.04. The van der Waals surface area contributed by atoms with E-state index in [1.54, 1.807) is 0 Å². The van der Waals surface area contributed by atoms with Crippen LogP contribution >= 0.6 is 0 Å². The molecule has 1 fully saturated rings. The number of benzene rings is 1. The van der Waals surface area contributed by atoms with Gasteiger partial charge in [0.2, 0.25) is 0 Å². The van der Waals surface area contributed by atoms with Crippen LogP contribution in [0.3, 0.4) is 0 Å². The van der Waals surface area contributed by atoms with E-state index < -0.39 is 0 Å². The molecular formula is C20H23N5O. The van der Waals surface area contributed by atoms with E-state index in [0.717, 1.165) is 48.1 Å². The van der Waals surface area contributed by atoms with Gasteiger partial charge in [0, 0.05) is 24.7 Å². The molecule has 2 aromatic heterocycles. The van der Waals surface area contributed by atoms with E-state index in [1.807, 2.05) is 55.5 Å². The molecule has 1 unspecified atom stereocenters. The van der Waals surface area contributed by atoms with Crippen LogP contribution in [0.1, 0.15) is 40.6 Å². The number of carbonyl (C=O) groups is 1. The highest BCUT2D eigenvalue weighted by atomic mass is 16.2. The molecule has 0 bridgehead atoms. The second-order valence-electron chi connectivity index (χ2n) is 7.09. The first-order chi connectivity index (χ1) is 12.6. The summed E-state index contributed by atoms with van der Waals surface area (Å²) in [5.74, 6) is -0.00378. The molecule has 6 heteroatoms. The fourth-order valence-corrected chi connectivity index (χ4v) is 3.73. The number of aromatic nitrogens is 3. The van der Waals surface area contributed by atoms with Gasteiger partial charge in [0.25, 0.3) is 5.91 Å². The molecule has 26 heavy (non-hydrogen) atoms. The Kier molecular flexibility index (Phi) is 4.42. The van der Waals surface area contributed by atoms with Gasteiger partial charge in [-0.3, -0.25) is 14.9 Å². The maximum atomic E-state index is 13.2. The molecular weight excluding hydrogens is 326 g/mol. The van der Waals surface area contributed by atoms with Crippen molar-refractivity contribution in [2.75, 3.05) is 20.6 Å². The van der Waals surface area contributed by atoms with Crippen molar-refractivity contribution in [2.24, 2.45) is 0 Å². The Morgan fingerprint density at radius 2 is 2.15 bits per heavy atom. The van der Waals surface area contributed by atoms with Crippen LogP contribution in [0.15, 0.2) is 42.6 Å². The lowest BCUT2D eigenvalue weighted by Gasteiger charge is -2.25. The number of amides is 1. The van der Waals surface area contributed by atoms with Gasteiger partial charge in [0.05, 0.1) is 17.3 Å². The molecule has 1 aliphatic heterocycles. The van der Waals surface area contributed by atoms with E-state index in [2.05, 4.69) is 26.1 Å². The second-order valence-corrected chi connectivity index (χ2v) is 7.09. The van der Waals surface area contributed by atoms with Crippen LogP contribution in [0.25, 0.3) is 10.9 Å². The SMILES string of the molecule is CN(C)Cc1cc(C2CCCN2C(=O)c2n[nH]c3ccccc23)ccn1. The van der Waals surface area contributed by atoms with Gasteiger partial charge in [0.1, 0.15) is 0 Å². The minimum Gasteiger partial charge on any atom is -0.330 e. The van der Waals surface area contributed by atoms with Gasteiger partial charge in [-0.05, 0) is 50.7 Å². The summed E-state index contributed by atoms with van der Waals surface area (Å²) >= 11 is 0. The lowest BCUT2D eigenvalue weighted by atomic mass is 10.0. The van der Waals surface area contributed by atoms with Gasteiger partial charge >= 0.3 is 0 Å². The highest BCUT2D eigenvalue weighted by Crippen LogP contribution is 2.34. The number of rotatable bonds is 4. The minimum absolute atomic E-state index is 0.00378. The van der Waals surface area contributed by atoms with E-state index in [9.17, 15) is 4.79 Å². The first-order valence-corrected chi connectivity index (χ1v) is 8.97. The Hall–Kier alpha value is -2.73. The average Bonchev–Trinajstić information content (AvgIpc) is 3.28. The fraction of sp³-hybridized carbons (Fsp3) is 0.350. The molecule has 0 saturated carbocycles. The molecule has 0 spiro atoms. The molecule has 6 nitrogen and oxygen atoms in total. The minimum atomic E-state index is -0.00378. The van der Waals surface area contributed by atoms with Crippen LogP contribution in [0, 0.1) is 0 Å². The van der Waals surface area contributed by atoms with Crippen molar-refractivity contribution in [1.29, 1.82) is 0 Å². The van der Waals surface area contributed by atoms with Gasteiger partial charge in [-0.25, -0.2) is 0 Å². The number of carbonyl (C=O) groups excluding carboxylic acids is 1. The summed E-state index contributed by atoms with van der Waals surface area (Å²) < 4.78 is 0. The summed E-state index contributed by atoms with van der Waals surface area (Å²) in [7, 11) is 4.06. The first kappa shape index (κ1) is 16.7. The number of hydrogen-bond donors (Lipinski definition) is 1. The third-order valence-corrected chi connectivity index (χ3v) is 4.89. The zero-order valence-corrected chi connectivity index (χ0v) is 15.1. The number of likely N-dealkylation sites (tertiary alicyclic amines) is 1. The van der Waals surface area contributed by atoms with Crippen molar-refractivity contribution in [1.82, 2.24) is 25.0 Å². The zero-order chi connectivity index (χ0) is 18.1. The molecule has 0 radical (unpaired) electrons. The van der Waals surface area contributed by atoms with Crippen molar-refractivity contribution in [3.8, 4) is 0 Å². The van der Waals surface area contributed by atoms with Crippen LogP contribution in [-0.2, 0) is 6.54 Å². The first-order valence-electron chi connectivity index (χ1n) is 8.97. The predicted octanol–water partition coefficient (Wildman–Crippen LogP) is 3.00. The van der Waals surface area contributed by atoms with E-state index in [-0.39, 0.29) is 11.9 Å². The molecule has 1 aliphatic rings. The third kappa shape index (κ3) is 3.08. The lowest BCUT2D eigenvalue weighted by molar-refractivity contribution is 0.0731. The lowest BCUT2D eigenvalue weighted by Crippen LogP contribution is -2.31. The fourth-order valence-electron chi connectivity index (χ4n) is 3.73. The summed E-state index contributed by atoms with van der Waals surface area (Å²) in [6.07, 6.45) is 3.82. The molecule has 4 rings (SSSR count). The molecule has 3 aromatic rings. The number of pyridine rings is 1. The monoisotopic (exact) mass is 349 g/mol. The van der Waals surface area contributed by atoms with Crippen molar-refractivity contribution in [3.05, 3.63) is 59.5 Å². The molecule has 0 aliphatic carbocycles. The highest BCUT2D eigenvalue weighted by Gasteiger charge is 2.32. The maximum absolute atomic E-state index is 13.2. The van der Waals surface area contributed by atoms with Crippen LogP contribution in [0.2, 0.25) is 0 Å². The van der Waals surface area contributed by atoms with Crippen molar-refractivity contribution in [3.63, 3.8) is 0 Å². The standard InChI is InChI=1S/C20H23N5O/c1-24(2)13-15-12-14(9-10-21-15)18-8-5-11-25(18)20(26)19-16-6-3-4-7-17(16)22-23-19/h3-4,6-7,9-10,12,18H,5,8,11,13H2,1-2H3,(H,22,23). The molecule has 1 amide bonds. The number of H-pyrrole nitrogens is 1. The van der Waals surface area contributed by atoms with Crippen molar-refractivity contribution in [2.45, 2.75) is 25.4 Å². The van der Waals surface area contributed by atoms with E-state index in [4.69, 9.17) is 0 Å². The molecule has 1 saturated heterocycles. The van der Waals surface area contributed by atoms with Crippen LogP contribution in [0.5, 0.6) is 0 Å². The summed E-state index contributed by atoms with van der Waals surface area (Å²) in [4.78, 5) is 21.7. The van der Waals surface area contributed by atoms with E-state index >= 15 is 0 Å². The topological polar surface area (TPSA) is 65.1 Å². The molecule has 1 aromatic carbocycles. The van der Waals surface area contributed by atoms with Crippen LogP contribution in [0.4, 0.5) is 0 Å². The Morgan fingerprint density at radius 3 is 3.00 bits per heavy atom. The van der Waals surface area contributed by atoms with Gasteiger partial charge in [-0.2, -0.15) is 5.10 Å². The van der Waals surface area contributed by atoms with Gasteiger partial charge in [-0.1, -0.05) is 18.2 Å². The molecule has 1 atom stereocenters. The Bertz CT molecular complexity index is 933. The predicted molar refractivity (Wildman–Crippen MR) is 101 cm³/mol. The summed E-state index contributed by atoms with van der Waals surface area (Å²) in [6.45, 7) is 1.55. The average molecular weight is 349 g/mol. The van der Waals surface area contributed by atoms with Crippen LogP contribution in [-0.4, -0.2) is 51.5 Å². The quantitative estimate of drug-likeness (QED) is 0.786. The number of nitrogens with one attached hydrogen (secondary N) is 1. The smallest absolute Gasteiger partial charge is 0.275 e. The Labute approximate surface area is 152 Å². The van der Waals surface area contributed by atoms with Gasteiger partial charge in [0.15, 0.2) is 5.69 Å². The van der Waals surface area contributed by atoms with E-state index in [1.165, 1.54) is 0 Å². The largest absolute Gasteiger partial charge is 0.330 e. The number of hydrogen-bond acceptors (Lipinski definition) is 4. The summed E-state index contributed by atoms with van der Waals surface area (Å²) in [6, 6.07) is 12.0. The van der Waals surface area contributed by atoms with Gasteiger partial charge in [-0.15, -0.1) is 0 Å². The number of aromatic amines is 1. The summed E-state index contributed by atoms with van der Waals surface area (Å²) in [5.41, 5.74) is 3.58. The third-order valence-electron chi connectivity index (χ3n) is 4.89. The van der Waals surface area contributed by atoms with Crippen molar-refractivity contribution < 1.29 is 4.79 Å². The summed E-state index contributed by atoms with van der Waals surface area (Å²) in [5, 5.41) is 8.14. The molecule has 134 valence electrons. The molecule has 1 N–H and O–H groups in total. The number of fused-ring (bicyclic) bond motifs is 1. The number of nitrogens with zero attached hydrogens (tertiary/aromatic N) is 4.